The lowest BCUT2D eigenvalue weighted by Gasteiger charge is -2.18. The summed E-state index contributed by atoms with van der Waals surface area (Å²) in [6, 6.07) is 26.9. The van der Waals surface area contributed by atoms with Crippen molar-refractivity contribution in [3.05, 3.63) is 107 Å². The van der Waals surface area contributed by atoms with Crippen LogP contribution in [0.15, 0.2) is 101 Å². The van der Waals surface area contributed by atoms with Gasteiger partial charge in [-0.1, -0.05) is 36.4 Å². The van der Waals surface area contributed by atoms with Crippen molar-refractivity contribution in [3.8, 4) is 16.6 Å². The molecule has 3 heterocycles. The van der Waals surface area contributed by atoms with Crippen molar-refractivity contribution in [2.24, 2.45) is 0 Å². The highest BCUT2D eigenvalue weighted by Gasteiger charge is 2.13. The Labute approximate surface area is 176 Å². The zero-order valence-corrected chi connectivity index (χ0v) is 16.7. The molecule has 3 aromatic heterocycles. The molecule has 0 unspecified atom stereocenters. The minimum Gasteiger partial charge on any atom is -0.428 e. The maximum atomic E-state index is 12.9. The highest BCUT2D eigenvalue weighted by atomic mass is 32.1. The quantitative estimate of drug-likeness (QED) is 0.386. The number of anilines is 2. The van der Waals surface area contributed by atoms with Crippen LogP contribution >= 0.6 is 11.3 Å². The Hall–Kier alpha value is -3.90. The summed E-state index contributed by atoms with van der Waals surface area (Å²) in [4.78, 5) is 17.2. The standard InChI is InChI=1S/C24H17N3O2S/c28-21-15-22(26-17-8-3-1-4-9-17)27(18-10-5-2-6-11-18)20-14-23(25-16-19(20)21)29-24-12-7-13-30-24/h1-16,26H. The first kappa shape index (κ1) is 18.1. The topological polar surface area (TPSA) is 56.2 Å². The summed E-state index contributed by atoms with van der Waals surface area (Å²) in [6.07, 6.45) is 1.58. The van der Waals surface area contributed by atoms with Gasteiger partial charge in [0.1, 0.15) is 5.82 Å². The van der Waals surface area contributed by atoms with E-state index >= 15 is 0 Å². The normalized spacial score (nSPS) is 10.8. The van der Waals surface area contributed by atoms with E-state index in [0.717, 1.165) is 16.4 Å². The molecular weight excluding hydrogens is 394 g/mol. The number of thiophene rings is 1. The van der Waals surface area contributed by atoms with Crippen LogP contribution < -0.4 is 15.5 Å². The average Bonchev–Trinajstić information content (AvgIpc) is 3.28. The highest BCUT2D eigenvalue weighted by molar-refractivity contribution is 7.11. The van der Waals surface area contributed by atoms with Crippen molar-refractivity contribution >= 4 is 33.7 Å². The highest BCUT2D eigenvalue weighted by Crippen LogP contribution is 2.29. The third-order valence-electron chi connectivity index (χ3n) is 4.63. The van der Waals surface area contributed by atoms with Gasteiger partial charge >= 0.3 is 0 Å². The minimum atomic E-state index is -0.106. The van der Waals surface area contributed by atoms with E-state index in [1.54, 1.807) is 18.3 Å². The first-order valence-corrected chi connectivity index (χ1v) is 10.3. The van der Waals surface area contributed by atoms with Crippen LogP contribution in [0.25, 0.3) is 16.6 Å². The third-order valence-corrected chi connectivity index (χ3v) is 5.38. The van der Waals surface area contributed by atoms with E-state index in [-0.39, 0.29) is 5.43 Å². The molecule has 0 radical (unpaired) electrons. The lowest BCUT2D eigenvalue weighted by atomic mass is 10.2. The Morgan fingerprint density at radius 2 is 1.67 bits per heavy atom. The van der Waals surface area contributed by atoms with Crippen molar-refractivity contribution in [3.63, 3.8) is 0 Å². The molecule has 0 aliphatic heterocycles. The fourth-order valence-electron chi connectivity index (χ4n) is 3.29. The van der Waals surface area contributed by atoms with E-state index < -0.39 is 0 Å². The van der Waals surface area contributed by atoms with Gasteiger partial charge in [0.05, 0.1) is 10.9 Å². The van der Waals surface area contributed by atoms with E-state index in [9.17, 15) is 4.79 Å². The fourth-order valence-corrected chi connectivity index (χ4v) is 3.88. The predicted molar refractivity (Wildman–Crippen MR) is 121 cm³/mol. The van der Waals surface area contributed by atoms with E-state index in [4.69, 9.17) is 4.74 Å². The van der Waals surface area contributed by atoms with E-state index in [1.807, 2.05) is 82.7 Å². The number of ether oxygens (including phenoxy) is 1. The van der Waals surface area contributed by atoms with Gasteiger partial charge in [-0.05, 0) is 41.8 Å². The molecule has 2 aromatic carbocycles. The van der Waals surface area contributed by atoms with Gasteiger partial charge in [0.2, 0.25) is 5.88 Å². The number of pyridine rings is 2. The summed E-state index contributed by atoms with van der Waals surface area (Å²) in [5.74, 6) is 1.10. The lowest BCUT2D eigenvalue weighted by Crippen LogP contribution is -2.13. The van der Waals surface area contributed by atoms with Crippen LogP contribution in [0, 0.1) is 0 Å². The van der Waals surface area contributed by atoms with Gasteiger partial charge in [0, 0.05) is 29.7 Å². The molecule has 6 heteroatoms. The molecule has 0 aliphatic rings. The lowest BCUT2D eigenvalue weighted by molar-refractivity contribution is 0.477. The summed E-state index contributed by atoms with van der Waals surface area (Å²) < 4.78 is 7.89. The van der Waals surface area contributed by atoms with E-state index in [2.05, 4.69) is 10.3 Å². The zero-order valence-electron chi connectivity index (χ0n) is 15.9. The van der Waals surface area contributed by atoms with E-state index in [1.165, 1.54) is 11.3 Å². The molecule has 0 spiro atoms. The second-order valence-electron chi connectivity index (χ2n) is 6.63. The zero-order chi connectivity index (χ0) is 20.3. The summed E-state index contributed by atoms with van der Waals surface area (Å²) in [6.45, 7) is 0. The van der Waals surface area contributed by atoms with Crippen LogP contribution in [-0.2, 0) is 0 Å². The van der Waals surface area contributed by atoms with Crippen LogP contribution in [0.1, 0.15) is 0 Å². The molecule has 0 amide bonds. The molecule has 30 heavy (non-hydrogen) atoms. The maximum Gasteiger partial charge on any atom is 0.222 e. The summed E-state index contributed by atoms with van der Waals surface area (Å²) in [7, 11) is 0. The molecule has 5 nitrogen and oxygen atoms in total. The Morgan fingerprint density at radius 1 is 0.900 bits per heavy atom. The van der Waals surface area contributed by atoms with Gasteiger partial charge in [-0.25, -0.2) is 4.98 Å². The molecule has 0 saturated carbocycles. The monoisotopic (exact) mass is 411 g/mol. The van der Waals surface area contributed by atoms with Crippen LogP contribution in [0.4, 0.5) is 11.5 Å². The minimum absolute atomic E-state index is 0.106. The number of hydrogen-bond donors (Lipinski definition) is 1. The van der Waals surface area contributed by atoms with E-state index in [0.29, 0.717) is 22.6 Å². The first-order valence-electron chi connectivity index (χ1n) is 9.42. The number of fused-ring (bicyclic) bond motifs is 1. The summed E-state index contributed by atoms with van der Waals surface area (Å²) >= 11 is 1.49. The Balaban J connectivity index is 1.73. The second-order valence-corrected chi connectivity index (χ2v) is 7.54. The molecule has 0 atom stereocenters. The van der Waals surface area contributed by atoms with Crippen molar-refractivity contribution in [2.45, 2.75) is 0 Å². The van der Waals surface area contributed by atoms with Gasteiger partial charge in [-0.2, -0.15) is 0 Å². The smallest absolute Gasteiger partial charge is 0.222 e. The molecule has 0 aliphatic carbocycles. The van der Waals surface area contributed by atoms with Crippen molar-refractivity contribution in [1.29, 1.82) is 0 Å². The third kappa shape index (κ3) is 3.56. The Morgan fingerprint density at radius 3 is 2.40 bits per heavy atom. The maximum absolute atomic E-state index is 12.9. The van der Waals surface area contributed by atoms with Gasteiger partial charge in [0.15, 0.2) is 10.5 Å². The Bertz CT molecular complexity index is 1350. The number of para-hydroxylation sites is 2. The second kappa shape index (κ2) is 7.85. The molecular formula is C24H17N3O2S. The van der Waals surface area contributed by atoms with Crippen LogP contribution in [0.3, 0.4) is 0 Å². The molecule has 5 aromatic rings. The fraction of sp³-hybridized carbons (Fsp3) is 0. The first-order chi connectivity index (χ1) is 14.8. The van der Waals surface area contributed by atoms with Crippen molar-refractivity contribution < 1.29 is 4.74 Å². The van der Waals surface area contributed by atoms with Crippen molar-refractivity contribution in [1.82, 2.24) is 9.55 Å². The molecule has 1 N–H and O–H groups in total. The van der Waals surface area contributed by atoms with Crippen molar-refractivity contribution in [2.75, 3.05) is 5.32 Å². The predicted octanol–water partition coefficient (Wildman–Crippen LogP) is 5.98. The number of rotatable bonds is 5. The summed E-state index contributed by atoms with van der Waals surface area (Å²) in [5, 5.41) is 6.58. The average molecular weight is 411 g/mol. The van der Waals surface area contributed by atoms with Gasteiger partial charge in [-0.15, -0.1) is 11.3 Å². The number of hydrogen-bond acceptors (Lipinski definition) is 5. The number of aromatic nitrogens is 2. The number of benzene rings is 2. The van der Waals surface area contributed by atoms with Gasteiger partial charge in [0.25, 0.3) is 0 Å². The number of nitrogens with one attached hydrogen (secondary N) is 1. The molecule has 0 saturated heterocycles. The van der Waals surface area contributed by atoms with Crippen LogP contribution in [-0.4, -0.2) is 9.55 Å². The van der Waals surface area contributed by atoms with Gasteiger partial charge in [-0.3, -0.25) is 9.36 Å². The number of nitrogens with zero attached hydrogens (tertiary/aromatic N) is 2. The molecule has 146 valence electrons. The van der Waals surface area contributed by atoms with Gasteiger partial charge < -0.3 is 10.1 Å². The SMILES string of the molecule is O=c1cc(Nc2ccccc2)n(-c2ccccc2)c2cc(Oc3cccs3)ncc12. The summed E-state index contributed by atoms with van der Waals surface area (Å²) in [5.41, 5.74) is 2.43. The largest absolute Gasteiger partial charge is 0.428 e. The van der Waals surface area contributed by atoms with Crippen LogP contribution in [0.5, 0.6) is 10.9 Å². The molecule has 0 bridgehead atoms. The Kier molecular flexibility index (Phi) is 4.75. The molecule has 5 rings (SSSR count). The molecule has 0 fully saturated rings. The van der Waals surface area contributed by atoms with Crippen LogP contribution in [0.2, 0.25) is 0 Å².